The minimum absolute atomic E-state index is 0.0551. The average molecular weight is 641 g/mol. The van der Waals surface area contributed by atoms with Crippen LogP contribution >= 0.6 is 15.9 Å². The molecule has 0 aliphatic carbocycles. The summed E-state index contributed by atoms with van der Waals surface area (Å²) in [6.07, 6.45) is 2.99. The first-order valence-electron chi connectivity index (χ1n) is 14.0. The Balaban J connectivity index is 1.58. The standard InChI is InChI=1S/C33H38BrNO7/c1-38-25-12-8-22(9-13-25)17-32(36)35-16-6-5-7-24(35)19-29(27-20-30(40-3)31(41-4)21-28(27)34)42-33(37)18-23-10-14-26(39-2)15-11-23/h8-15,20-21,24,29H,5-7,16-19H2,1-4H3/t24-,29?/m1/s1. The van der Waals surface area contributed by atoms with Crippen LogP contribution in [-0.4, -0.2) is 57.8 Å². The Bertz CT molecular complexity index is 1340. The third kappa shape index (κ3) is 7.97. The lowest BCUT2D eigenvalue weighted by molar-refractivity contribution is -0.150. The smallest absolute Gasteiger partial charge is 0.310 e. The van der Waals surface area contributed by atoms with E-state index in [1.807, 2.05) is 65.6 Å². The van der Waals surface area contributed by atoms with Gasteiger partial charge in [0.25, 0.3) is 0 Å². The van der Waals surface area contributed by atoms with Crippen LogP contribution < -0.4 is 18.9 Å². The normalized spacial score (nSPS) is 15.5. The van der Waals surface area contributed by atoms with Crippen LogP contribution in [0.15, 0.2) is 65.1 Å². The second kappa shape index (κ2) is 15.0. The Kier molecular flexibility index (Phi) is 11.1. The van der Waals surface area contributed by atoms with Gasteiger partial charge in [-0.05, 0) is 66.8 Å². The van der Waals surface area contributed by atoms with Crippen LogP contribution in [0, 0.1) is 0 Å². The van der Waals surface area contributed by atoms with Crippen molar-refractivity contribution in [3.63, 3.8) is 0 Å². The fourth-order valence-corrected chi connectivity index (χ4v) is 5.88. The first-order chi connectivity index (χ1) is 20.3. The highest BCUT2D eigenvalue weighted by Crippen LogP contribution is 2.40. The number of methoxy groups -OCH3 is 4. The van der Waals surface area contributed by atoms with E-state index in [1.165, 1.54) is 0 Å². The Labute approximate surface area is 256 Å². The zero-order chi connectivity index (χ0) is 30.1. The third-order valence-corrected chi connectivity index (χ3v) is 8.27. The first kappa shape index (κ1) is 31.2. The van der Waals surface area contributed by atoms with Crippen LogP contribution in [-0.2, 0) is 27.2 Å². The maximum Gasteiger partial charge on any atom is 0.310 e. The van der Waals surface area contributed by atoms with Crippen molar-refractivity contribution in [3.8, 4) is 23.0 Å². The molecular weight excluding hydrogens is 602 g/mol. The summed E-state index contributed by atoms with van der Waals surface area (Å²) in [5.74, 6) is 2.25. The van der Waals surface area contributed by atoms with E-state index < -0.39 is 6.10 Å². The number of ether oxygens (including phenoxy) is 5. The highest BCUT2D eigenvalue weighted by molar-refractivity contribution is 9.10. The zero-order valence-electron chi connectivity index (χ0n) is 24.6. The number of rotatable bonds is 12. The predicted molar refractivity (Wildman–Crippen MR) is 163 cm³/mol. The average Bonchev–Trinajstić information content (AvgIpc) is 3.01. The van der Waals surface area contributed by atoms with Crippen molar-refractivity contribution in [1.82, 2.24) is 4.90 Å². The maximum atomic E-state index is 13.5. The molecule has 1 amide bonds. The van der Waals surface area contributed by atoms with Crippen LogP contribution in [0.2, 0.25) is 0 Å². The van der Waals surface area contributed by atoms with Crippen LogP contribution in [0.25, 0.3) is 0 Å². The molecule has 224 valence electrons. The van der Waals surface area contributed by atoms with Crippen molar-refractivity contribution < 1.29 is 33.3 Å². The summed E-state index contributed by atoms with van der Waals surface area (Å²) in [5.41, 5.74) is 2.50. The molecule has 0 radical (unpaired) electrons. The molecule has 8 nitrogen and oxygen atoms in total. The van der Waals surface area contributed by atoms with E-state index in [1.54, 1.807) is 28.4 Å². The van der Waals surface area contributed by atoms with Crippen LogP contribution in [0.3, 0.4) is 0 Å². The van der Waals surface area contributed by atoms with Crippen molar-refractivity contribution in [3.05, 3.63) is 81.8 Å². The molecule has 3 aromatic rings. The topological polar surface area (TPSA) is 83.5 Å². The van der Waals surface area contributed by atoms with Gasteiger partial charge in [-0.1, -0.05) is 40.2 Å². The van der Waals surface area contributed by atoms with Gasteiger partial charge in [-0.3, -0.25) is 9.59 Å². The molecule has 1 unspecified atom stereocenters. The Hall–Kier alpha value is -3.72. The molecule has 42 heavy (non-hydrogen) atoms. The van der Waals surface area contributed by atoms with E-state index in [4.69, 9.17) is 23.7 Å². The van der Waals surface area contributed by atoms with E-state index in [2.05, 4.69) is 15.9 Å². The fraction of sp³-hybridized carbons (Fsp3) is 0.394. The van der Waals surface area contributed by atoms with E-state index in [9.17, 15) is 9.59 Å². The van der Waals surface area contributed by atoms with Crippen molar-refractivity contribution >= 4 is 27.8 Å². The van der Waals surface area contributed by atoms with E-state index >= 15 is 0 Å². The number of nitrogens with zero attached hydrogens (tertiary/aromatic N) is 1. The summed E-state index contributed by atoms with van der Waals surface area (Å²) in [5, 5.41) is 0. The third-order valence-electron chi connectivity index (χ3n) is 7.58. The van der Waals surface area contributed by atoms with Gasteiger partial charge in [0.2, 0.25) is 5.91 Å². The van der Waals surface area contributed by atoms with Gasteiger partial charge in [0, 0.05) is 29.0 Å². The summed E-state index contributed by atoms with van der Waals surface area (Å²) in [6, 6.07) is 18.4. The van der Waals surface area contributed by atoms with Crippen molar-refractivity contribution in [2.75, 3.05) is 35.0 Å². The van der Waals surface area contributed by atoms with E-state index in [-0.39, 0.29) is 24.3 Å². The van der Waals surface area contributed by atoms with Gasteiger partial charge in [0.05, 0.1) is 41.3 Å². The minimum Gasteiger partial charge on any atom is -0.497 e. The number of carbonyl (C=O) groups is 2. The predicted octanol–water partition coefficient (Wildman–Crippen LogP) is 6.32. The van der Waals surface area contributed by atoms with Crippen molar-refractivity contribution in [1.29, 1.82) is 0 Å². The number of carbonyl (C=O) groups excluding carboxylic acids is 2. The fourth-order valence-electron chi connectivity index (χ4n) is 5.31. The second-order valence-electron chi connectivity index (χ2n) is 10.2. The summed E-state index contributed by atoms with van der Waals surface area (Å²) in [7, 11) is 6.37. The molecule has 0 N–H and O–H groups in total. The molecule has 2 atom stereocenters. The number of piperidine rings is 1. The Morgan fingerprint density at radius 3 is 1.95 bits per heavy atom. The number of halogens is 1. The molecule has 1 heterocycles. The molecule has 1 aliphatic rings. The van der Waals surface area contributed by atoms with Gasteiger partial charge in [-0.2, -0.15) is 0 Å². The molecule has 0 aromatic heterocycles. The molecule has 9 heteroatoms. The number of amides is 1. The monoisotopic (exact) mass is 639 g/mol. The number of benzene rings is 3. The molecule has 1 fully saturated rings. The molecule has 0 spiro atoms. The van der Waals surface area contributed by atoms with Crippen molar-refractivity contribution in [2.24, 2.45) is 0 Å². The largest absolute Gasteiger partial charge is 0.497 e. The van der Waals surface area contributed by atoms with E-state index in [0.29, 0.717) is 30.9 Å². The lowest BCUT2D eigenvalue weighted by Gasteiger charge is -2.38. The quantitative estimate of drug-likeness (QED) is 0.214. The van der Waals surface area contributed by atoms with Gasteiger partial charge in [-0.15, -0.1) is 0 Å². The number of hydrogen-bond donors (Lipinski definition) is 0. The SMILES string of the molecule is COc1ccc(CC(=O)OC(C[C@H]2CCCCN2C(=O)Cc2ccc(OC)cc2)c2cc(OC)c(OC)cc2Br)cc1. The summed E-state index contributed by atoms with van der Waals surface area (Å²) in [6.45, 7) is 0.666. The Morgan fingerprint density at radius 2 is 1.38 bits per heavy atom. The van der Waals surface area contributed by atoms with Crippen LogP contribution in [0.5, 0.6) is 23.0 Å². The van der Waals surface area contributed by atoms with Gasteiger partial charge in [0.15, 0.2) is 11.5 Å². The molecule has 0 saturated carbocycles. The van der Waals surface area contributed by atoms with Gasteiger partial charge < -0.3 is 28.6 Å². The van der Waals surface area contributed by atoms with Gasteiger partial charge in [-0.25, -0.2) is 0 Å². The summed E-state index contributed by atoms with van der Waals surface area (Å²) >= 11 is 3.66. The number of likely N-dealkylation sites (tertiary alicyclic amines) is 1. The Morgan fingerprint density at radius 1 is 0.810 bits per heavy atom. The highest BCUT2D eigenvalue weighted by Gasteiger charge is 2.32. The summed E-state index contributed by atoms with van der Waals surface area (Å²) < 4.78 is 28.4. The van der Waals surface area contributed by atoms with Gasteiger partial charge >= 0.3 is 5.97 Å². The summed E-state index contributed by atoms with van der Waals surface area (Å²) in [4.78, 5) is 28.8. The molecule has 0 bridgehead atoms. The lowest BCUT2D eigenvalue weighted by atomic mass is 9.93. The molecule has 3 aromatic carbocycles. The molecule has 1 aliphatic heterocycles. The first-order valence-corrected chi connectivity index (χ1v) is 14.8. The number of hydrogen-bond acceptors (Lipinski definition) is 7. The minimum atomic E-state index is -0.621. The molecule has 1 saturated heterocycles. The highest BCUT2D eigenvalue weighted by atomic mass is 79.9. The molecule has 4 rings (SSSR count). The van der Waals surface area contributed by atoms with Crippen LogP contribution in [0.1, 0.15) is 48.5 Å². The lowest BCUT2D eigenvalue weighted by Crippen LogP contribution is -2.45. The number of esters is 1. The van der Waals surface area contributed by atoms with Crippen LogP contribution in [0.4, 0.5) is 0 Å². The zero-order valence-corrected chi connectivity index (χ0v) is 26.1. The van der Waals surface area contributed by atoms with E-state index in [0.717, 1.165) is 51.9 Å². The molecular formula is C33H38BrNO7. The van der Waals surface area contributed by atoms with Crippen molar-refractivity contribution in [2.45, 2.75) is 50.7 Å². The second-order valence-corrected chi connectivity index (χ2v) is 11.1. The maximum absolute atomic E-state index is 13.5. The van der Waals surface area contributed by atoms with Gasteiger partial charge in [0.1, 0.15) is 17.6 Å².